The fourth-order valence-corrected chi connectivity index (χ4v) is 2.30. The Morgan fingerprint density at radius 3 is 2.55 bits per heavy atom. The maximum atomic E-state index is 11.2. The minimum absolute atomic E-state index is 0.00170. The summed E-state index contributed by atoms with van der Waals surface area (Å²) in [6.45, 7) is 5.50. The maximum absolute atomic E-state index is 11.2. The number of nitro groups is 1. The Labute approximate surface area is 125 Å². The SMILES string of the molecule is Cc1cc(NC(CC(C)C)C(=O)O)c(Br)cc1[N+](=O)[O-]. The smallest absolute Gasteiger partial charge is 0.326 e. The summed E-state index contributed by atoms with van der Waals surface area (Å²) in [4.78, 5) is 21.6. The third-order valence-electron chi connectivity index (χ3n) is 2.82. The summed E-state index contributed by atoms with van der Waals surface area (Å²) in [5.74, 6) is -0.719. The Bertz CT molecular complexity index is 531. The van der Waals surface area contributed by atoms with Gasteiger partial charge in [0.05, 0.1) is 4.92 Å². The molecular formula is C13H17BrN2O4. The molecule has 0 bridgehead atoms. The average molecular weight is 345 g/mol. The molecule has 1 atom stereocenters. The Hall–Kier alpha value is -1.63. The normalized spacial score (nSPS) is 12.2. The monoisotopic (exact) mass is 344 g/mol. The highest BCUT2D eigenvalue weighted by Gasteiger charge is 2.21. The van der Waals surface area contributed by atoms with Crippen LogP contribution in [0.1, 0.15) is 25.8 Å². The van der Waals surface area contributed by atoms with Gasteiger partial charge < -0.3 is 10.4 Å². The van der Waals surface area contributed by atoms with Crippen molar-refractivity contribution in [3.8, 4) is 0 Å². The number of anilines is 1. The van der Waals surface area contributed by atoms with Crippen LogP contribution in [0, 0.1) is 23.0 Å². The van der Waals surface area contributed by atoms with E-state index in [-0.39, 0.29) is 11.6 Å². The summed E-state index contributed by atoms with van der Waals surface area (Å²) < 4.78 is 0.477. The van der Waals surface area contributed by atoms with Gasteiger partial charge in [-0.2, -0.15) is 0 Å². The molecule has 0 fully saturated rings. The van der Waals surface area contributed by atoms with Crippen molar-refractivity contribution in [2.24, 2.45) is 5.92 Å². The Morgan fingerprint density at radius 2 is 2.10 bits per heavy atom. The van der Waals surface area contributed by atoms with Crippen molar-refractivity contribution in [2.75, 3.05) is 5.32 Å². The minimum Gasteiger partial charge on any atom is -0.480 e. The first-order valence-electron chi connectivity index (χ1n) is 6.16. The first-order chi connectivity index (χ1) is 9.22. The van der Waals surface area contributed by atoms with E-state index in [0.29, 0.717) is 22.1 Å². The lowest BCUT2D eigenvalue weighted by Crippen LogP contribution is -2.30. The van der Waals surface area contributed by atoms with E-state index in [0.717, 1.165) is 0 Å². The number of hydrogen-bond acceptors (Lipinski definition) is 4. The third-order valence-corrected chi connectivity index (χ3v) is 3.47. The molecule has 20 heavy (non-hydrogen) atoms. The van der Waals surface area contributed by atoms with E-state index in [2.05, 4.69) is 21.2 Å². The Morgan fingerprint density at radius 1 is 1.50 bits per heavy atom. The maximum Gasteiger partial charge on any atom is 0.326 e. The van der Waals surface area contributed by atoms with Gasteiger partial charge >= 0.3 is 5.97 Å². The summed E-state index contributed by atoms with van der Waals surface area (Å²) in [6.07, 6.45) is 0.470. The number of halogens is 1. The predicted octanol–water partition coefficient (Wildman–Crippen LogP) is 3.58. The van der Waals surface area contributed by atoms with Gasteiger partial charge in [0, 0.05) is 21.8 Å². The molecule has 0 saturated heterocycles. The number of nitro benzene ring substituents is 1. The van der Waals surface area contributed by atoms with E-state index in [9.17, 15) is 20.0 Å². The number of carbonyl (C=O) groups is 1. The van der Waals surface area contributed by atoms with Crippen LogP contribution in [0.25, 0.3) is 0 Å². The first kappa shape index (κ1) is 16.4. The highest BCUT2D eigenvalue weighted by atomic mass is 79.9. The van der Waals surface area contributed by atoms with Gasteiger partial charge in [-0.25, -0.2) is 4.79 Å². The van der Waals surface area contributed by atoms with Crippen LogP contribution in [0.3, 0.4) is 0 Å². The summed E-state index contributed by atoms with van der Waals surface area (Å²) in [7, 11) is 0. The largest absolute Gasteiger partial charge is 0.480 e. The summed E-state index contributed by atoms with van der Waals surface area (Å²) in [6, 6.07) is 2.23. The van der Waals surface area contributed by atoms with Gasteiger partial charge in [0.1, 0.15) is 6.04 Å². The molecular weight excluding hydrogens is 328 g/mol. The van der Waals surface area contributed by atoms with Crippen LogP contribution in [-0.2, 0) is 4.79 Å². The molecule has 0 aliphatic heterocycles. The molecule has 0 aromatic heterocycles. The average Bonchev–Trinajstić information content (AvgIpc) is 2.31. The zero-order valence-electron chi connectivity index (χ0n) is 11.5. The number of rotatable bonds is 6. The van der Waals surface area contributed by atoms with E-state index < -0.39 is 16.9 Å². The van der Waals surface area contributed by atoms with Crippen molar-refractivity contribution in [2.45, 2.75) is 33.2 Å². The number of carboxylic acid groups (broad SMARTS) is 1. The second-order valence-electron chi connectivity index (χ2n) is 5.04. The molecule has 0 aliphatic carbocycles. The molecule has 1 unspecified atom stereocenters. The molecule has 1 aromatic carbocycles. The van der Waals surface area contributed by atoms with E-state index in [1.165, 1.54) is 6.07 Å². The zero-order valence-corrected chi connectivity index (χ0v) is 13.1. The molecule has 0 spiro atoms. The van der Waals surface area contributed by atoms with Gasteiger partial charge in [-0.15, -0.1) is 0 Å². The summed E-state index contributed by atoms with van der Waals surface area (Å²) in [5.41, 5.74) is 1.02. The number of benzene rings is 1. The lowest BCUT2D eigenvalue weighted by Gasteiger charge is -2.19. The van der Waals surface area contributed by atoms with Crippen LogP contribution < -0.4 is 5.32 Å². The van der Waals surface area contributed by atoms with Crippen LogP contribution in [0.4, 0.5) is 11.4 Å². The molecule has 0 heterocycles. The number of nitrogens with zero attached hydrogens (tertiary/aromatic N) is 1. The number of carboxylic acids is 1. The fraction of sp³-hybridized carbons (Fsp3) is 0.462. The molecule has 0 radical (unpaired) electrons. The second kappa shape index (κ2) is 6.69. The number of aryl methyl sites for hydroxylation is 1. The van der Waals surface area contributed by atoms with Crippen LogP contribution in [-0.4, -0.2) is 22.0 Å². The molecule has 110 valence electrons. The molecule has 1 rings (SSSR count). The standard InChI is InChI=1S/C13H17BrN2O4/c1-7(2)4-11(13(17)18)15-10-5-8(3)12(16(19)20)6-9(10)14/h5-7,11,15H,4H2,1-3H3,(H,17,18). The molecule has 2 N–H and O–H groups in total. The van der Waals surface area contributed by atoms with Gasteiger partial charge in [-0.1, -0.05) is 13.8 Å². The Kier molecular flexibility index (Phi) is 5.50. The van der Waals surface area contributed by atoms with Crippen molar-refractivity contribution in [1.29, 1.82) is 0 Å². The van der Waals surface area contributed by atoms with Crippen molar-refractivity contribution in [1.82, 2.24) is 0 Å². The van der Waals surface area contributed by atoms with Gasteiger partial charge in [0.15, 0.2) is 0 Å². The molecule has 1 aromatic rings. The van der Waals surface area contributed by atoms with Crippen LogP contribution in [0.2, 0.25) is 0 Å². The van der Waals surface area contributed by atoms with Crippen molar-refractivity contribution >= 4 is 33.3 Å². The van der Waals surface area contributed by atoms with Gasteiger partial charge in [0.25, 0.3) is 5.69 Å². The van der Waals surface area contributed by atoms with E-state index >= 15 is 0 Å². The molecule has 0 saturated carbocycles. The lowest BCUT2D eigenvalue weighted by atomic mass is 10.0. The van der Waals surface area contributed by atoms with Crippen molar-refractivity contribution in [3.63, 3.8) is 0 Å². The number of aliphatic carboxylic acids is 1. The highest BCUT2D eigenvalue weighted by Crippen LogP contribution is 2.31. The van der Waals surface area contributed by atoms with Crippen LogP contribution in [0.5, 0.6) is 0 Å². The van der Waals surface area contributed by atoms with Gasteiger partial charge in [-0.05, 0) is 41.3 Å². The highest BCUT2D eigenvalue weighted by molar-refractivity contribution is 9.10. The fourth-order valence-electron chi connectivity index (χ4n) is 1.86. The number of hydrogen-bond donors (Lipinski definition) is 2. The van der Waals surface area contributed by atoms with Gasteiger partial charge in [0.2, 0.25) is 0 Å². The molecule has 6 nitrogen and oxygen atoms in total. The van der Waals surface area contributed by atoms with E-state index in [4.69, 9.17) is 0 Å². The lowest BCUT2D eigenvalue weighted by molar-refractivity contribution is -0.385. The van der Waals surface area contributed by atoms with E-state index in [1.807, 2.05) is 13.8 Å². The molecule has 0 amide bonds. The van der Waals surface area contributed by atoms with Gasteiger partial charge in [-0.3, -0.25) is 10.1 Å². The zero-order chi connectivity index (χ0) is 15.4. The summed E-state index contributed by atoms with van der Waals surface area (Å²) in [5, 5.41) is 22.9. The molecule has 7 heteroatoms. The third kappa shape index (κ3) is 4.19. The Balaban J connectivity index is 3.05. The van der Waals surface area contributed by atoms with Crippen LogP contribution >= 0.6 is 15.9 Å². The van der Waals surface area contributed by atoms with E-state index in [1.54, 1.807) is 13.0 Å². The minimum atomic E-state index is -0.943. The van der Waals surface area contributed by atoms with Crippen LogP contribution in [0.15, 0.2) is 16.6 Å². The predicted molar refractivity (Wildman–Crippen MR) is 80.0 cm³/mol. The quantitative estimate of drug-likeness (QED) is 0.607. The number of nitrogens with one attached hydrogen (secondary N) is 1. The van der Waals surface area contributed by atoms with Crippen molar-refractivity contribution < 1.29 is 14.8 Å². The summed E-state index contributed by atoms with van der Waals surface area (Å²) >= 11 is 3.23. The second-order valence-corrected chi connectivity index (χ2v) is 5.89. The molecule has 0 aliphatic rings. The first-order valence-corrected chi connectivity index (χ1v) is 6.95. The topological polar surface area (TPSA) is 92.5 Å². The van der Waals surface area contributed by atoms with Crippen molar-refractivity contribution in [3.05, 3.63) is 32.3 Å².